The number of fused-ring (bicyclic) bond motifs is 1. The molecule has 2 heterocycles. The van der Waals surface area contributed by atoms with Crippen molar-refractivity contribution in [2.24, 2.45) is 5.92 Å². The van der Waals surface area contributed by atoms with Crippen LogP contribution < -0.4 is 5.32 Å². The molecule has 4 nitrogen and oxygen atoms in total. The molecule has 1 aliphatic heterocycles. The van der Waals surface area contributed by atoms with Gasteiger partial charge < -0.3 is 9.88 Å². The predicted octanol–water partition coefficient (Wildman–Crippen LogP) is 6.88. The Kier molecular flexibility index (Phi) is 6.88. The summed E-state index contributed by atoms with van der Waals surface area (Å²) in [6.45, 7) is 6.62. The van der Waals surface area contributed by atoms with Crippen LogP contribution in [0.4, 0.5) is 14.5 Å². The van der Waals surface area contributed by atoms with Crippen LogP contribution in [0.25, 0.3) is 16.6 Å². The Bertz CT molecular complexity index is 1390. The molecule has 0 unspecified atom stereocenters. The van der Waals surface area contributed by atoms with Crippen molar-refractivity contribution in [1.29, 1.82) is 0 Å². The summed E-state index contributed by atoms with van der Waals surface area (Å²) in [4.78, 5) is 14.5. The van der Waals surface area contributed by atoms with Gasteiger partial charge in [-0.25, -0.2) is 8.78 Å². The minimum absolute atomic E-state index is 0.0366. The SMILES string of the molecule is CC(C)C(=O)Nc1cccc(C2CCN(Cc3cccc4c3ccn4-c3ccc(F)c(F)c3)CC2)c1. The van der Waals surface area contributed by atoms with Crippen molar-refractivity contribution >= 4 is 22.5 Å². The van der Waals surface area contributed by atoms with Crippen LogP contribution in [-0.4, -0.2) is 28.5 Å². The first-order valence-corrected chi connectivity index (χ1v) is 12.6. The zero-order chi connectivity index (χ0) is 25.2. The van der Waals surface area contributed by atoms with Crippen LogP contribution >= 0.6 is 0 Å². The second-order valence-corrected chi connectivity index (χ2v) is 9.95. The van der Waals surface area contributed by atoms with Gasteiger partial charge in [-0.3, -0.25) is 9.69 Å². The minimum atomic E-state index is -0.846. The number of hydrogen-bond acceptors (Lipinski definition) is 2. The average Bonchev–Trinajstić information content (AvgIpc) is 3.31. The summed E-state index contributed by atoms with van der Waals surface area (Å²) in [5.74, 6) is -1.22. The first-order chi connectivity index (χ1) is 17.4. The fourth-order valence-electron chi connectivity index (χ4n) is 5.05. The molecule has 0 aliphatic carbocycles. The number of nitrogens with one attached hydrogen (secondary N) is 1. The molecule has 5 rings (SSSR count). The summed E-state index contributed by atoms with van der Waals surface area (Å²) in [5, 5.41) is 4.13. The number of carbonyl (C=O) groups excluding carboxylic acids is 1. The van der Waals surface area contributed by atoms with Crippen LogP contribution in [0.3, 0.4) is 0 Å². The van der Waals surface area contributed by atoms with Gasteiger partial charge >= 0.3 is 0 Å². The van der Waals surface area contributed by atoms with E-state index in [-0.39, 0.29) is 11.8 Å². The van der Waals surface area contributed by atoms with E-state index in [1.165, 1.54) is 23.3 Å². The predicted molar refractivity (Wildman–Crippen MR) is 140 cm³/mol. The van der Waals surface area contributed by atoms with Crippen LogP contribution in [0, 0.1) is 17.6 Å². The number of piperidine rings is 1. The Morgan fingerprint density at radius 1 is 0.972 bits per heavy atom. The molecule has 1 N–H and O–H groups in total. The second kappa shape index (κ2) is 10.2. The fraction of sp³-hybridized carbons (Fsp3) is 0.300. The molecule has 0 radical (unpaired) electrons. The van der Waals surface area contributed by atoms with Crippen molar-refractivity contribution in [3.63, 3.8) is 0 Å². The van der Waals surface area contributed by atoms with Crippen LogP contribution in [0.2, 0.25) is 0 Å². The molecule has 36 heavy (non-hydrogen) atoms. The quantitative estimate of drug-likeness (QED) is 0.322. The normalized spacial score (nSPS) is 15.0. The van der Waals surface area contributed by atoms with E-state index in [0.29, 0.717) is 11.6 Å². The van der Waals surface area contributed by atoms with E-state index in [0.717, 1.165) is 49.1 Å². The van der Waals surface area contributed by atoms with Crippen molar-refractivity contribution in [1.82, 2.24) is 9.47 Å². The molecule has 4 aromatic rings. The molecule has 0 spiro atoms. The maximum Gasteiger partial charge on any atom is 0.226 e. The van der Waals surface area contributed by atoms with Crippen LogP contribution in [0.1, 0.15) is 43.7 Å². The number of amides is 1. The molecule has 6 heteroatoms. The molecule has 0 saturated carbocycles. The summed E-state index contributed by atoms with van der Waals surface area (Å²) in [5.41, 5.74) is 4.96. The highest BCUT2D eigenvalue weighted by Gasteiger charge is 2.22. The molecule has 1 fully saturated rings. The summed E-state index contributed by atoms with van der Waals surface area (Å²) < 4.78 is 29.1. The number of rotatable bonds is 6. The third-order valence-electron chi connectivity index (χ3n) is 7.14. The van der Waals surface area contributed by atoms with Crippen LogP contribution in [0.15, 0.2) is 72.9 Å². The number of hydrogen-bond donors (Lipinski definition) is 1. The fourth-order valence-corrected chi connectivity index (χ4v) is 5.05. The summed E-state index contributed by atoms with van der Waals surface area (Å²) in [6, 6.07) is 20.5. The number of aromatic nitrogens is 1. The topological polar surface area (TPSA) is 37.3 Å². The van der Waals surface area contributed by atoms with Gasteiger partial charge in [0.15, 0.2) is 11.6 Å². The Balaban J connectivity index is 1.26. The van der Waals surface area contributed by atoms with E-state index in [2.05, 4.69) is 34.5 Å². The Morgan fingerprint density at radius 3 is 2.50 bits per heavy atom. The smallest absolute Gasteiger partial charge is 0.226 e. The first-order valence-electron chi connectivity index (χ1n) is 12.6. The maximum atomic E-state index is 13.8. The third kappa shape index (κ3) is 5.05. The van der Waals surface area contributed by atoms with Gasteiger partial charge in [0.05, 0.1) is 5.52 Å². The van der Waals surface area contributed by atoms with Crippen molar-refractivity contribution < 1.29 is 13.6 Å². The lowest BCUT2D eigenvalue weighted by molar-refractivity contribution is -0.118. The Morgan fingerprint density at radius 2 is 1.75 bits per heavy atom. The molecule has 0 atom stereocenters. The van der Waals surface area contributed by atoms with Gasteiger partial charge in [-0.15, -0.1) is 0 Å². The zero-order valence-electron chi connectivity index (χ0n) is 20.7. The van der Waals surface area contributed by atoms with Gasteiger partial charge in [0.25, 0.3) is 0 Å². The largest absolute Gasteiger partial charge is 0.326 e. The van der Waals surface area contributed by atoms with Crippen molar-refractivity contribution in [3.05, 3.63) is 95.7 Å². The lowest BCUT2D eigenvalue weighted by Gasteiger charge is -2.32. The highest BCUT2D eigenvalue weighted by atomic mass is 19.2. The molecule has 1 aliphatic rings. The van der Waals surface area contributed by atoms with Gasteiger partial charge in [-0.2, -0.15) is 0 Å². The average molecular weight is 488 g/mol. The number of halogens is 2. The third-order valence-corrected chi connectivity index (χ3v) is 7.14. The number of likely N-dealkylation sites (tertiary alicyclic amines) is 1. The van der Waals surface area contributed by atoms with Crippen LogP contribution in [0.5, 0.6) is 0 Å². The molecular weight excluding hydrogens is 456 g/mol. The van der Waals surface area contributed by atoms with E-state index in [4.69, 9.17) is 0 Å². The van der Waals surface area contributed by atoms with Gasteiger partial charge in [0.2, 0.25) is 5.91 Å². The van der Waals surface area contributed by atoms with Crippen molar-refractivity contribution in [2.45, 2.75) is 39.2 Å². The van der Waals surface area contributed by atoms with Gasteiger partial charge in [-0.1, -0.05) is 38.1 Å². The molecule has 1 aromatic heterocycles. The number of anilines is 1. The van der Waals surface area contributed by atoms with E-state index in [1.54, 1.807) is 6.07 Å². The Hall–Kier alpha value is -3.51. The minimum Gasteiger partial charge on any atom is -0.326 e. The highest BCUT2D eigenvalue weighted by Crippen LogP contribution is 2.31. The lowest BCUT2D eigenvalue weighted by atomic mass is 9.89. The number of nitrogens with zero attached hydrogens (tertiary/aromatic N) is 2. The molecule has 0 bridgehead atoms. The zero-order valence-corrected chi connectivity index (χ0v) is 20.7. The van der Waals surface area contributed by atoms with E-state index < -0.39 is 11.6 Å². The summed E-state index contributed by atoms with van der Waals surface area (Å²) in [7, 11) is 0. The first kappa shape index (κ1) is 24.2. The highest BCUT2D eigenvalue weighted by molar-refractivity contribution is 5.92. The standard InChI is InChI=1S/C30H31F2N3O/c1-20(2)30(36)33-24-7-3-5-22(17-24)21-11-14-34(15-12-21)19-23-6-4-8-29-26(23)13-16-35(29)25-9-10-27(31)28(32)18-25/h3-10,13,16-18,20-21H,11-12,14-15,19H2,1-2H3,(H,33,36). The molecule has 1 saturated heterocycles. The van der Waals surface area contributed by atoms with Crippen LogP contribution in [-0.2, 0) is 11.3 Å². The van der Waals surface area contributed by atoms with E-state index in [1.807, 2.05) is 48.9 Å². The number of benzene rings is 3. The van der Waals surface area contributed by atoms with Crippen molar-refractivity contribution in [3.8, 4) is 5.69 Å². The Labute approximate surface area is 210 Å². The summed E-state index contributed by atoms with van der Waals surface area (Å²) >= 11 is 0. The van der Waals surface area contributed by atoms with Gasteiger partial charge in [-0.05, 0) is 79.4 Å². The van der Waals surface area contributed by atoms with E-state index in [9.17, 15) is 13.6 Å². The lowest BCUT2D eigenvalue weighted by Crippen LogP contribution is -2.32. The molecule has 186 valence electrons. The number of carbonyl (C=O) groups is 1. The summed E-state index contributed by atoms with van der Waals surface area (Å²) in [6.07, 6.45) is 4.04. The maximum absolute atomic E-state index is 13.8. The molecular formula is C30H31F2N3O. The van der Waals surface area contributed by atoms with Gasteiger partial charge in [0, 0.05) is 41.5 Å². The molecule has 3 aromatic carbocycles. The monoisotopic (exact) mass is 487 g/mol. The van der Waals surface area contributed by atoms with E-state index >= 15 is 0 Å². The van der Waals surface area contributed by atoms with Gasteiger partial charge in [0.1, 0.15) is 0 Å². The van der Waals surface area contributed by atoms with Crippen molar-refractivity contribution in [2.75, 3.05) is 18.4 Å². The second-order valence-electron chi connectivity index (χ2n) is 9.95. The molecule has 1 amide bonds.